The second kappa shape index (κ2) is 18.6. The first-order valence-corrected chi connectivity index (χ1v) is 16.8. The van der Waals surface area contributed by atoms with Gasteiger partial charge in [0.2, 0.25) is 5.91 Å². The van der Waals surface area contributed by atoms with Crippen LogP contribution in [0.25, 0.3) is 0 Å². The number of hydrogen-bond acceptors (Lipinski definition) is 6. The van der Waals surface area contributed by atoms with Gasteiger partial charge in [-0.25, -0.2) is 4.79 Å². The first kappa shape index (κ1) is 35.3. The Labute approximate surface area is 258 Å². The highest BCUT2D eigenvalue weighted by Crippen LogP contribution is 2.31. The van der Waals surface area contributed by atoms with Crippen LogP contribution >= 0.6 is 0 Å². The average molecular weight is 604 g/mol. The normalized spacial score (nSPS) is 33.2. The number of carbonyl (C=O) groups is 2. The maximum absolute atomic E-state index is 12.7. The minimum atomic E-state index is -1.23. The Morgan fingerprint density at radius 1 is 0.977 bits per heavy atom. The third kappa shape index (κ3) is 11.0. The molecule has 3 amide bonds. The molecule has 5 N–H and O–H groups in total. The molecule has 4 unspecified atom stereocenters. The van der Waals surface area contributed by atoms with Gasteiger partial charge in [0.15, 0.2) is 6.29 Å². The molecule has 9 atom stereocenters. The number of nitrogens with one attached hydrogen (secondary N) is 3. The van der Waals surface area contributed by atoms with Crippen molar-refractivity contribution in [3.8, 4) is 0 Å². The number of carbonyl (C=O) groups excluding carboxylic acids is 2. The van der Waals surface area contributed by atoms with Gasteiger partial charge in [0.25, 0.3) is 0 Å². The number of aliphatic hydroxyl groups is 2. The zero-order chi connectivity index (χ0) is 31.2. The molecule has 0 aliphatic carbocycles. The summed E-state index contributed by atoms with van der Waals surface area (Å²) >= 11 is 0. The van der Waals surface area contributed by atoms with Gasteiger partial charge >= 0.3 is 6.03 Å². The van der Waals surface area contributed by atoms with Crippen LogP contribution in [0.15, 0.2) is 30.3 Å². The van der Waals surface area contributed by atoms with Crippen LogP contribution in [0.2, 0.25) is 0 Å². The van der Waals surface area contributed by atoms with E-state index in [-0.39, 0.29) is 23.8 Å². The molecule has 2 aliphatic rings. The van der Waals surface area contributed by atoms with Crippen LogP contribution in [0.1, 0.15) is 97.5 Å². The van der Waals surface area contributed by atoms with Gasteiger partial charge in [0, 0.05) is 19.0 Å². The summed E-state index contributed by atoms with van der Waals surface area (Å²) in [6.07, 6.45) is 6.10. The maximum Gasteiger partial charge on any atom is 0.315 e. The lowest BCUT2D eigenvalue weighted by Gasteiger charge is -2.43. The number of hydrogen-bond donors (Lipinski definition) is 5. The van der Waals surface area contributed by atoms with Crippen molar-refractivity contribution < 1.29 is 29.3 Å². The van der Waals surface area contributed by atoms with Gasteiger partial charge < -0.3 is 35.6 Å². The van der Waals surface area contributed by atoms with Crippen molar-refractivity contribution in [2.45, 2.75) is 135 Å². The molecule has 1 aromatic carbocycles. The van der Waals surface area contributed by atoms with E-state index < -0.39 is 36.7 Å². The summed E-state index contributed by atoms with van der Waals surface area (Å²) < 4.78 is 12.6. The molecule has 9 nitrogen and oxygen atoms in total. The van der Waals surface area contributed by atoms with Crippen molar-refractivity contribution in [1.29, 1.82) is 0 Å². The molecule has 2 fully saturated rings. The van der Waals surface area contributed by atoms with E-state index in [0.717, 1.165) is 69.8 Å². The van der Waals surface area contributed by atoms with Crippen molar-refractivity contribution in [3.05, 3.63) is 35.9 Å². The van der Waals surface area contributed by atoms with E-state index in [1.165, 1.54) is 0 Å². The van der Waals surface area contributed by atoms with Crippen LogP contribution in [0.5, 0.6) is 0 Å². The molecule has 0 bridgehead atoms. The predicted octanol–water partition coefficient (Wildman–Crippen LogP) is 4.69. The third-order valence-corrected chi connectivity index (χ3v) is 9.56. The molecule has 3 rings (SSSR count). The quantitative estimate of drug-likeness (QED) is 0.279. The second-order valence-electron chi connectivity index (χ2n) is 12.5. The number of benzene rings is 1. The van der Waals surface area contributed by atoms with Gasteiger partial charge in [-0.2, -0.15) is 0 Å². The van der Waals surface area contributed by atoms with Crippen molar-refractivity contribution in [3.63, 3.8) is 0 Å². The highest BCUT2D eigenvalue weighted by molar-refractivity contribution is 5.78. The molecule has 1 aromatic rings. The van der Waals surface area contributed by atoms with E-state index in [0.29, 0.717) is 25.4 Å². The lowest BCUT2D eigenvalue weighted by atomic mass is 9.85. The number of amides is 3. The Morgan fingerprint density at radius 2 is 1.74 bits per heavy atom. The fraction of sp³-hybridized carbons (Fsp3) is 0.765. The molecule has 0 saturated carbocycles. The van der Waals surface area contributed by atoms with Crippen LogP contribution < -0.4 is 16.0 Å². The molecule has 43 heavy (non-hydrogen) atoms. The molecule has 244 valence electrons. The summed E-state index contributed by atoms with van der Waals surface area (Å²) in [4.78, 5) is 25.5. The molecular weight excluding hydrogens is 546 g/mol. The lowest BCUT2D eigenvalue weighted by Crippen LogP contribution is -2.65. The van der Waals surface area contributed by atoms with E-state index in [1.54, 1.807) is 6.92 Å². The monoisotopic (exact) mass is 603 g/mol. The van der Waals surface area contributed by atoms with Gasteiger partial charge in [0.05, 0.1) is 18.2 Å². The first-order chi connectivity index (χ1) is 20.8. The summed E-state index contributed by atoms with van der Waals surface area (Å²) in [7, 11) is 0. The Bertz CT molecular complexity index is 949. The number of aliphatic hydroxyl groups excluding tert-OH is 2. The highest BCUT2D eigenvalue weighted by Gasteiger charge is 2.45. The fourth-order valence-corrected chi connectivity index (χ4v) is 6.57. The van der Waals surface area contributed by atoms with Crippen LogP contribution in [-0.4, -0.2) is 72.0 Å². The summed E-state index contributed by atoms with van der Waals surface area (Å²) in [5, 5.41) is 30.9. The van der Waals surface area contributed by atoms with Crippen molar-refractivity contribution in [2.75, 3.05) is 13.1 Å². The largest absolute Gasteiger partial charge is 0.388 e. The minimum Gasteiger partial charge on any atom is -0.388 e. The summed E-state index contributed by atoms with van der Waals surface area (Å²) in [6, 6.07) is 8.50. The van der Waals surface area contributed by atoms with E-state index in [1.807, 2.05) is 30.3 Å². The SMILES string of the molecule is CCC1CCCC(CC)C(=O)NCCCC(CC)C(O[C@@H]2O[C@@H](C)[C@H](O)[C@@H](NC(=O)NCCc3ccccc3)[C@H]2O)CC1. The smallest absolute Gasteiger partial charge is 0.315 e. The molecule has 2 aliphatic heterocycles. The number of rotatable bonds is 9. The minimum absolute atomic E-state index is 0.0910. The number of urea groups is 1. The number of ether oxygens (including phenoxy) is 2. The molecule has 0 radical (unpaired) electrons. The maximum atomic E-state index is 12.7. The van der Waals surface area contributed by atoms with Crippen molar-refractivity contribution in [2.24, 2.45) is 17.8 Å². The third-order valence-electron chi connectivity index (χ3n) is 9.56. The van der Waals surface area contributed by atoms with Crippen LogP contribution in [0.3, 0.4) is 0 Å². The van der Waals surface area contributed by atoms with Gasteiger partial charge in [0.1, 0.15) is 12.2 Å². The van der Waals surface area contributed by atoms with E-state index in [4.69, 9.17) is 9.47 Å². The van der Waals surface area contributed by atoms with Crippen LogP contribution in [0.4, 0.5) is 4.79 Å². The summed E-state index contributed by atoms with van der Waals surface area (Å²) in [6.45, 7) is 9.29. The fourth-order valence-electron chi connectivity index (χ4n) is 6.57. The average Bonchev–Trinajstić information content (AvgIpc) is 3.01. The Morgan fingerprint density at radius 3 is 2.44 bits per heavy atom. The van der Waals surface area contributed by atoms with E-state index in [2.05, 4.69) is 36.7 Å². The van der Waals surface area contributed by atoms with Crippen LogP contribution in [-0.2, 0) is 20.7 Å². The van der Waals surface area contributed by atoms with Gasteiger partial charge in [-0.05, 0) is 69.3 Å². The zero-order valence-corrected chi connectivity index (χ0v) is 26.8. The van der Waals surface area contributed by atoms with Gasteiger partial charge in [-0.1, -0.05) is 76.8 Å². The van der Waals surface area contributed by atoms with Crippen molar-refractivity contribution >= 4 is 11.9 Å². The second-order valence-corrected chi connectivity index (χ2v) is 12.5. The lowest BCUT2D eigenvalue weighted by molar-refractivity contribution is -0.288. The van der Waals surface area contributed by atoms with Gasteiger partial charge in [-0.15, -0.1) is 0 Å². The molecule has 0 aromatic heterocycles. The Kier molecular flexibility index (Phi) is 15.2. The molecule has 2 heterocycles. The predicted molar refractivity (Wildman–Crippen MR) is 168 cm³/mol. The topological polar surface area (TPSA) is 129 Å². The van der Waals surface area contributed by atoms with E-state index >= 15 is 0 Å². The van der Waals surface area contributed by atoms with Crippen LogP contribution in [0, 0.1) is 17.8 Å². The Hall–Kier alpha value is -2.20. The summed E-state index contributed by atoms with van der Waals surface area (Å²) in [5.41, 5.74) is 1.11. The highest BCUT2D eigenvalue weighted by atomic mass is 16.7. The zero-order valence-electron chi connectivity index (χ0n) is 26.8. The van der Waals surface area contributed by atoms with E-state index in [9.17, 15) is 19.8 Å². The summed E-state index contributed by atoms with van der Waals surface area (Å²) in [5.74, 6) is 1.03. The Balaban J connectivity index is 1.65. The molecule has 9 heteroatoms. The van der Waals surface area contributed by atoms with Crippen molar-refractivity contribution in [1.82, 2.24) is 16.0 Å². The standard InChI is InChI=1S/C34H57N3O6/c1-5-24-15-11-16-27(7-3)32(40)35-21-12-17-26(6-2)28(19-18-24)43-33-31(39)29(30(38)23(4)42-33)37-34(41)36-22-20-25-13-9-8-10-14-25/h8-10,13-14,23-24,26-31,33,38-39H,5-7,11-12,15-22H2,1-4H3,(H,35,40)(H2,36,37,41)/t23-,24?,26?,27?,28?,29+,30-,31+,33-/m0/s1. The molecule has 0 spiro atoms. The molecular formula is C34H57N3O6. The first-order valence-electron chi connectivity index (χ1n) is 16.8. The van der Waals surface area contributed by atoms with Gasteiger partial charge in [-0.3, -0.25) is 4.79 Å². The molecule has 2 saturated heterocycles.